The quantitative estimate of drug-likeness (QED) is 0.451. The lowest BCUT2D eigenvalue weighted by Crippen LogP contribution is -2.19. The Labute approximate surface area is 179 Å². The molecule has 1 amide bonds. The van der Waals surface area contributed by atoms with Crippen molar-refractivity contribution in [3.63, 3.8) is 0 Å². The van der Waals surface area contributed by atoms with Gasteiger partial charge in [0.05, 0.1) is 10.6 Å². The maximum absolute atomic E-state index is 12.7. The van der Waals surface area contributed by atoms with Gasteiger partial charge in [0.2, 0.25) is 0 Å². The summed E-state index contributed by atoms with van der Waals surface area (Å²) in [5.74, 6) is 0.164. The van der Waals surface area contributed by atoms with Gasteiger partial charge in [0.15, 0.2) is 0 Å². The highest BCUT2D eigenvalue weighted by atomic mass is 16.6. The topological polar surface area (TPSA) is 97.6 Å². The van der Waals surface area contributed by atoms with Crippen LogP contribution in [0.15, 0.2) is 66.9 Å². The highest BCUT2D eigenvalue weighted by molar-refractivity contribution is 6.05. The van der Waals surface area contributed by atoms with E-state index in [9.17, 15) is 14.9 Å². The average Bonchev–Trinajstić information content (AvgIpc) is 3.33. The van der Waals surface area contributed by atoms with Crippen LogP contribution in [0.4, 0.5) is 17.1 Å². The molecule has 4 rings (SSSR count). The van der Waals surface area contributed by atoms with Gasteiger partial charge in [-0.15, -0.1) is 0 Å². The number of anilines is 2. The summed E-state index contributed by atoms with van der Waals surface area (Å²) in [5.41, 5.74) is 2.07. The van der Waals surface area contributed by atoms with Gasteiger partial charge in [-0.1, -0.05) is 12.1 Å². The molecular formula is C23H22N4O4. The second-order valence-electron chi connectivity index (χ2n) is 7.25. The first-order valence-electron chi connectivity index (χ1n) is 10.1. The van der Waals surface area contributed by atoms with Crippen LogP contribution >= 0.6 is 0 Å². The van der Waals surface area contributed by atoms with Crippen LogP contribution in [0, 0.1) is 10.1 Å². The summed E-state index contributed by atoms with van der Waals surface area (Å²) >= 11 is 0. The van der Waals surface area contributed by atoms with E-state index in [-0.39, 0.29) is 11.3 Å². The molecule has 158 valence electrons. The number of pyridine rings is 1. The SMILES string of the molecule is O=C(Nc1cccc(OCc2ccccn2)c1)c1ccc(N2CCCC2)c([N+](=O)[O-])c1. The van der Waals surface area contributed by atoms with E-state index in [0.717, 1.165) is 31.6 Å². The molecule has 1 N–H and O–H groups in total. The van der Waals surface area contributed by atoms with Crippen LogP contribution in [0.5, 0.6) is 5.75 Å². The Morgan fingerprint density at radius 2 is 1.94 bits per heavy atom. The zero-order chi connectivity index (χ0) is 21.6. The molecule has 0 aliphatic carbocycles. The maximum Gasteiger partial charge on any atom is 0.293 e. The Kier molecular flexibility index (Phi) is 6.07. The Bertz CT molecular complexity index is 1080. The number of amides is 1. The molecule has 1 fully saturated rings. The van der Waals surface area contributed by atoms with Gasteiger partial charge >= 0.3 is 0 Å². The molecule has 2 aromatic carbocycles. The largest absolute Gasteiger partial charge is 0.487 e. The lowest BCUT2D eigenvalue weighted by atomic mass is 10.1. The third kappa shape index (κ3) is 4.98. The first kappa shape index (κ1) is 20.3. The van der Waals surface area contributed by atoms with Crippen molar-refractivity contribution in [3.8, 4) is 5.75 Å². The summed E-state index contributed by atoms with van der Waals surface area (Å²) in [6.07, 6.45) is 3.72. The van der Waals surface area contributed by atoms with Crippen LogP contribution in [0.3, 0.4) is 0 Å². The fourth-order valence-electron chi connectivity index (χ4n) is 3.54. The predicted octanol–water partition coefficient (Wildman–Crippen LogP) is 4.42. The minimum atomic E-state index is -0.434. The first-order valence-corrected chi connectivity index (χ1v) is 10.1. The number of nitro benzene ring substituents is 1. The predicted molar refractivity (Wildman–Crippen MR) is 118 cm³/mol. The van der Waals surface area contributed by atoms with Crippen molar-refractivity contribution in [2.75, 3.05) is 23.3 Å². The molecular weight excluding hydrogens is 396 g/mol. The van der Waals surface area contributed by atoms with Crippen LogP contribution in [-0.2, 0) is 6.61 Å². The summed E-state index contributed by atoms with van der Waals surface area (Å²) in [4.78, 5) is 30.0. The van der Waals surface area contributed by atoms with Crippen LogP contribution in [0.25, 0.3) is 0 Å². The van der Waals surface area contributed by atoms with E-state index in [1.54, 1.807) is 42.6 Å². The highest BCUT2D eigenvalue weighted by Crippen LogP contribution is 2.32. The number of benzene rings is 2. The van der Waals surface area contributed by atoms with Crippen molar-refractivity contribution in [1.82, 2.24) is 4.98 Å². The Balaban J connectivity index is 1.46. The molecule has 1 aromatic heterocycles. The molecule has 31 heavy (non-hydrogen) atoms. The molecule has 1 aliphatic rings. The molecule has 0 spiro atoms. The molecule has 1 aliphatic heterocycles. The van der Waals surface area contributed by atoms with Gasteiger partial charge in [-0.3, -0.25) is 19.9 Å². The molecule has 0 unspecified atom stereocenters. The van der Waals surface area contributed by atoms with E-state index in [1.165, 1.54) is 6.07 Å². The monoisotopic (exact) mass is 418 g/mol. The summed E-state index contributed by atoms with van der Waals surface area (Å²) in [5, 5.41) is 14.4. The normalized spacial score (nSPS) is 13.1. The van der Waals surface area contributed by atoms with Crippen molar-refractivity contribution >= 4 is 23.0 Å². The standard InChI is InChI=1S/C23H22N4O4/c28-23(17-9-10-21(22(14-17)27(29)30)26-12-3-4-13-26)25-18-7-5-8-20(15-18)31-16-19-6-1-2-11-24-19/h1-2,5-11,14-15H,3-4,12-13,16H2,(H,25,28). The van der Waals surface area contributed by atoms with E-state index in [4.69, 9.17) is 4.74 Å². The number of carbonyl (C=O) groups excluding carboxylic acids is 1. The third-order valence-electron chi connectivity index (χ3n) is 5.09. The van der Waals surface area contributed by atoms with Gasteiger partial charge in [-0.25, -0.2) is 0 Å². The molecule has 3 aromatic rings. The number of carbonyl (C=O) groups is 1. The van der Waals surface area contributed by atoms with Gasteiger partial charge < -0.3 is 15.0 Å². The Morgan fingerprint density at radius 1 is 1.10 bits per heavy atom. The van der Waals surface area contributed by atoms with Gasteiger partial charge in [0.25, 0.3) is 11.6 Å². The van der Waals surface area contributed by atoms with E-state index >= 15 is 0 Å². The summed E-state index contributed by atoms with van der Waals surface area (Å²) in [6.45, 7) is 1.89. The lowest BCUT2D eigenvalue weighted by molar-refractivity contribution is -0.384. The number of hydrogen-bond acceptors (Lipinski definition) is 6. The van der Waals surface area contributed by atoms with Crippen LogP contribution < -0.4 is 15.0 Å². The molecule has 0 atom stereocenters. The molecule has 2 heterocycles. The lowest BCUT2D eigenvalue weighted by Gasteiger charge is -2.17. The maximum atomic E-state index is 12.7. The van der Waals surface area contributed by atoms with Crippen molar-refractivity contribution in [3.05, 3.63) is 88.2 Å². The molecule has 0 bridgehead atoms. The molecule has 0 radical (unpaired) electrons. The van der Waals surface area contributed by atoms with Crippen molar-refractivity contribution in [2.24, 2.45) is 0 Å². The van der Waals surface area contributed by atoms with Crippen molar-refractivity contribution in [1.29, 1.82) is 0 Å². The second kappa shape index (κ2) is 9.25. The Morgan fingerprint density at radius 3 is 2.68 bits per heavy atom. The van der Waals surface area contributed by atoms with Crippen LogP contribution in [-0.4, -0.2) is 28.9 Å². The number of nitro groups is 1. The number of rotatable bonds is 7. The van der Waals surface area contributed by atoms with E-state index in [2.05, 4.69) is 10.3 Å². The molecule has 1 saturated heterocycles. The zero-order valence-corrected chi connectivity index (χ0v) is 16.9. The van der Waals surface area contributed by atoms with Crippen molar-refractivity contribution < 1.29 is 14.5 Å². The van der Waals surface area contributed by atoms with E-state index in [1.807, 2.05) is 23.1 Å². The van der Waals surface area contributed by atoms with Crippen LogP contribution in [0.1, 0.15) is 28.9 Å². The minimum Gasteiger partial charge on any atom is -0.487 e. The summed E-state index contributed by atoms with van der Waals surface area (Å²) in [6, 6.07) is 17.2. The fraction of sp³-hybridized carbons (Fsp3) is 0.217. The third-order valence-corrected chi connectivity index (χ3v) is 5.09. The summed E-state index contributed by atoms with van der Waals surface area (Å²) in [7, 11) is 0. The summed E-state index contributed by atoms with van der Waals surface area (Å²) < 4.78 is 5.73. The van der Waals surface area contributed by atoms with Crippen LogP contribution in [0.2, 0.25) is 0 Å². The number of nitrogens with zero attached hydrogens (tertiary/aromatic N) is 3. The Hall–Kier alpha value is -3.94. The van der Waals surface area contributed by atoms with E-state index in [0.29, 0.717) is 23.7 Å². The average molecular weight is 418 g/mol. The minimum absolute atomic E-state index is 0.0537. The fourth-order valence-corrected chi connectivity index (χ4v) is 3.54. The molecule has 8 heteroatoms. The van der Waals surface area contributed by atoms with Crippen molar-refractivity contribution in [2.45, 2.75) is 19.4 Å². The number of hydrogen-bond donors (Lipinski definition) is 1. The van der Waals surface area contributed by atoms with Gasteiger partial charge in [0, 0.05) is 42.7 Å². The first-order chi connectivity index (χ1) is 15.1. The molecule has 0 saturated carbocycles. The smallest absolute Gasteiger partial charge is 0.293 e. The number of ether oxygens (including phenoxy) is 1. The number of nitrogens with one attached hydrogen (secondary N) is 1. The molecule has 8 nitrogen and oxygen atoms in total. The van der Waals surface area contributed by atoms with Gasteiger partial charge in [0.1, 0.15) is 18.0 Å². The number of aromatic nitrogens is 1. The van der Waals surface area contributed by atoms with Gasteiger partial charge in [-0.2, -0.15) is 0 Å². The highest BCUT2D eigenvalue weighted by Gasteiger charge is 2.24. The zero-order valence-electron chi connectivity index (χ0n) is 16.9. The second-order valence-corrected chi connectivity index (χ2v) is 7.25. The van der Waals surface area contributed by atoms with Gasteiger partial charge in [-0.05, 0) is 49.2 Å². The van der Waals surface area contributed by atoms with E-state index < -0.39 is 10.8 Å².